The highest BCUT2D eigenvalue weighted by molar-refractivity contribution is 7.98. The van der Waals surface area contributed by atoms with Crippen molar-refractivity contribution in [3.8, 4) is 17.2 Å². The van der Waals surface area contributed by atoms with Crippen LogP contribution in [0, 0.1) is 0 Å². The van der Waals surface area contributed by atoms with Crippen molar-refractivity contribution in [3.05, 3.63) is 69.8 Å². The molecule has 0 amide bonds. The van der Waals surface area contributed by atoms with E-state index in [0.29, 0.717) is 46.8 Å². The van der Waals surface area contributed by atoms with Crippen molar-refractivity contribution in [1.82, 2.24) is 14.8 Å². The molecule has 8 nitrogen and oxygen atoms in total. The van der Waals surface area contributed by atoms with Gasteiger partial charge in [-0.05, 0) is 35.7 Å². The average Bonchev–Trinajstić information content (AvgIpc) is 3.16. The molecule has 1 unspecified atom stereocenters. The number of benzene rings is 2. The summed E-state index contributed by atoms with van der Waals surface area (Å²) in [5.41, 5.74) is 1.52. The first-order chi connectivity index (χ1) is 15.5. The number of rotatable bonds is 5. The third-order valence-corrected chi connectivity index (χ3v) is 6.50. The molecule has 9 heteroatoms. The average molecular weight is 452 g/mol. The summed E-state index contributed by atoms with van der Waals surface area (Å²) in [5.74, 6) is 2.68. The molecule has 32 heavy (non-hydrogen) atoms. The molecule has 0 fully saturated rings. The fraction of sp³-hybridized carbons (Fsp3) is 0.261. The summed E-state index contributed by atoms with van der Waals surface area (Å²) in [6.45, 7) is 2.31. The lowest BCUT2D eigenvalue weighted by molar-refractivity contribution is 0.0825. The highest BCUT2D eigenvalue weighted by atomic mass is 32.2. The molecule has 1 N–H and O–H groups in total. The number of thioether (sulfide) groups is 1. The predicted octanol–water partition coefficient (Wildman–Crippen LogP) is 3.99. The van der Waals surface area contributed by atoms with Gasteiger partial charge in [-0.2, -0.15) is 0 Å². The zero-order valence-corrected chi connectivity index (χ0v) is 18.4. The number of aromatic hydroxyl groups is 1. The van der Waals surface area contributed by atoms with Gasteiger partial charge in [0.1, 0.15) is 17.9 Å². The van der Waals surface area contributed by atoms with E-state index in [4.69, 9.17) is 13.9 Å². The van der Waals surface area contributed by atoms with Gasteiger partial charge in [0.25, 0.3) is 0 Å². The Balaban J connectivity index is 1.39. The number of phenols is 1. The minimum atomic E-state index is -0.457. The van der Waals surface area contributed by atoms with Crippen LogP contribution in [0.1, 0.15) is 30.0 Å². The van der Waals surface area contributed by atoms with Crippen LogP contribution in [0.4, 0.5) is 0 Å². The van der Waals surface area contributed by atoms with E-state index in [1.54, 1.807) is 0 Å². The van der Waals surface area contributed by atoms with Gasteiger partial charge in [-0.1, -0.05) is 30.8 Å². The standard InChI is InChI=1S/C23H21N3O5S/c1-3-13-8-15-14(9-21(28)31-19(15)10-16(13)27)12-32-23-25-24-22(26(23)2)20-11-29-17-6-4-5-7-18(17)30-20/h4-10,20,27H,3,11-12H2,1-2H3. The Bertz CT molecular complexity index is 1360. The van der Waals surface area contributed by atoms with Crippen LogP contribution in [-0.2, 0) is 19.2 Å². The summed E-state index contributed by atoms with van der Waals surface area (Å²) in [6, 6.07) is 12.4. The molecule has 1 aliphatic heterocycles. The van der Waals surface area contributed by atoms with E-state index in [1.165, 1.54) is 23.9 Å². The number of hydrogen-bond acceptors (Lipinski definition) is 8. The zero-order valence-electron chi connectivity index (χ0n) is 17.6. The maximum atomic E-state index is 12.0. The maximum Gasteiger partial charge on any atom is 0.336 e. The first-order valence-electron chi connectivity index (χ1n) is 10.2. The van der Waals surface area contributed by atoms with Gasteiger partial charge in [0.2, 0.25) is 0 Å². The molecule has 2 aromatic carbocycles. The molecule has 0 saturated heterocycles. The fourth-order valence-electron chi connectivity index (χ4n) is 3.73. The van der Waals surface area contributed by atoms with Crippen LogP contribution < -0.4 is 15.1 Å². The van der Waals surface area contributed by atoms with E-state index in [-0.39, 0.29) is 11.9 Å². The van der Waals surface area contributed by atoms with Crippen molar-refractivity contribution in [2.75, 3.05) is 6.61 Å². The van der Waals surface area contributed by atoms with E-state index in [9.17, 15) is 9.90 Å². The summed E-state index contributed by atoms with van der Waals surface area (Å²) in [5, 5.41) is 20.2. The van der Waals surface area contributed by atoms with Crippen molar-refractivity contribution in [2.45, 2.75) is 30.4 Å². The zero-order chi connectivity index (χ0) is 22.2. The second-order valence-corrected chi connectivity index (χ2v) is 8.42. The molecule has 2 aromatic heterocycles. The summed E-state index contributed by atoms with van der Waals surface area (Å²) < 4.78 is 19.0. The molecule has 0 radical (unpaired) electrons. The van der Waals surface area contributed by atoms with Crippen molar-refractivity contribution in [2.24, 2.45) is 7.05 Å². The van der Waals surface area contributed by atoms with Crippen molar-refractivity contribution in [1.29, 1.82) is 0 Å². The van der Waals surface area contributed by atoms with Gasteiger partial charge in [-0.15, -0.1) is 10.2 Å². The van der Waals surface area contributed by atoms with Crippen LogP contribution in [0.2, 0.25) is 0 Å². The molecular formula is C23H21N3O5S. The minimum Gasteiger partial charge on any atom is -0.508 e. The number of phenolic OH excluding ortho intramolecular Hbond substituents is 1. The molecule has 0 aliphatic carbocycles. The van der Waals surface area contributed by atoms with Gasteiger partial charge in [-0.3, -0.25) is 0 Å². The molecule has 0 bridgehead atoms. The van der Waals surface area contributed by atoms with E-state index < -0.39 is 5.63 Å². The lowest BCUT2D eigenvalue weighted by Gasteiger charge is -2.25. The maximum absolute atomic E-state index is 12.0. The lowest BCUT2D eigenvalue weighted by Crippen LogP contribution is -2.24. The monoisotopic (exact) mass is 451 g/mol. The second-order valence-electron chi connectivity index (χ2n) is 7.47. The van der Waals surface area contributed by atoms with E-state index in [1.807, 2.05) is 48.9 Å². The summed E-state index contributed by atoms with van der Waals surface area (Å²) in [6.07, 6.45) is 0.309. The molecular weight excluding hydrogens is 430 g/mol. The third kappa shape index (κ3) is 3.69. The Morgan fingerprint density at radius 3 is 2.78 bits per heavy atom. The number of fused-ring (bicyclic) bond motifs is 2. The smallest absolute Gasteiger partial charge is 0.336 e. The van der Waals surface area contributed by atoms with Crippen molar-refractivity contribution < 1.29 is 19.0 Å². The quantitative estimate of drug-likeness (QED) is 0.359. The summed E-state index contributed by atoms with van der Waals surface area (Å²) in [4.78, 5) is 12.0. The number of para-hydroxylation sites is 2. The van der Waals surface area contributed by atoms with Gasteiger partial charge >= 0.3 is 5.63 Å². The molecule has 1 aliphatic rings. The Kier molecular flexibility index (Phi) is 5.26. The number of hydrogen-bond donors (Lipinski definition) is 1. The highest BCUT2D eigenvalue weighted by Crippen LogP contribution is 2.36. The molecule has 0 spiro atoms. The van der Waals surface area contributed by atoms with Crippen LogP contribution in [0.5, 0.6) is 17.2 Å². The minimum absolute atomic E-state index is 0.127. The van der Waals surface area contributed by atoms with Gasteiger partial charge < -0.3 is 23.6 Å². The normalized spacial score (nSPS) is 15.2. The number of ether oxygens (including phenoxy) is 2. The van der Waals surface area contributed by atoms with Crippen LogP contribution in [0.15, 0.2) is 56.8 Å². The van der Waals surface area contributed by atoms with Gasteiger partial charge in [0, 0.05) is 30.3 Å². The van der Waals surface area contributed by atoms with Crippen molar-refractivity contribution >= 4 is 22.7 Å². The fourth-order valence-corrected chi connectivity index (χ4v) is 4.64. The van der Waals surface area contributed by atoms with Gasteiger partial charge in [-0.25, -0.2) is 4.79 Å². The van der Waals surface area contributed by atoms with Crippen molar-refractivity contribution in [3.63, 3.8) is 0 Å². The Labute approximate surface area is 187 Å². The van der Waals surface area contributed by atoms with Crippen LogP contribution in [0.25, 0.3) is 11.0 Å². The Morgan fingerprint density at radius 1 is 1.16 bits per heavy atom. The molecule has 164 valence electrons. The topological polar surface area (TPSA) is 99.6 Å². The molecule has 5 rings (SSSR count). The SMILES string of the molecule is CCc1cc2c(CSc3nnc(C4COc5ccccc5O4)n3C)cc(=O)oc2cc1O. The Hall–Kier alpha value is -3.46. The first kappa shape index (κ1) is 20.4. The lowest BCUT2D eigenvalue weighted by atomic mass is 10.1. The molecule has 4 aromatic rings. The molecule has 0 saturated carbocycles. The van der Waals surface area contributed by atoms with E-state index in [0.717, 1.165) is 16.5 Å². The van der Waals surface area contributed by atoms with Crippen LogP contribution in [-0.4, -0.2) is 26.5 Å². The summed E-state index contributed by atoms with van der Waals surface area (Å²) >= 11 is 1.46. The molecule has 3 heterocycles. The van der Waals surface area contributed by atoms with E-state index in [2.05, 4.69) is 10.2 Å². The van der Waals surface area contributed by atoms with Crippen LogP contribution in [0.3, 0.4) is 0 Å². The molecule has 1 atom stereocenters. The largest absolute Gasteiger partial charge is 0.508 e. The van der Waals surface area contributed by atoms with Gasteiger partial charge in [0.15, 0.2) is 28.6 Å². The van der Waals surface area contributed by atoms with Gasteiger partial charge in [0.05, 0.1) is 0 Å². The first-order valence-corrected chi connectivity index (χ1v) is 11.2. The van der Waals surface area contributed by atoms with E-state index >= 15 is 0 Å². The number of aryl methyl sites for hydroxylation is 1. The summed E-state index contributed by atoms with van der Waals surface area (Å²) in [7, 11) is 1.88. The number of nitrogens with zero attached hydrogens (tertiary/aromatic N) is 3. The highest BCUT2D eigenvalue weighted by Gasteiger charge is 2.27. The predicted molar refractivity (Wildman–Crippen MR) is 119 cm³/mol. The van der Waals surface area contributed by atoms with Crippen LogP contribution >= 0.6 is 11.8 Å². The number of aromatic nitrogens is 3. The third-order valence-electron chi connectivity index (χ3n) is 5.43. The Morgan fingerprint density at radius 2 is 1.97 bits per heavy atom. The second kappa shape index (κ2) is 8.23.